The Morgan fingerprint density at radius 3 is 2.77 bits per heavy atom. The van der Waals surface area contributed by atoms with Gasteiger partial charge in [-0.25, -0.2) is 0 Å². The molecule has 1 amide bonds. The van der Waals surface area contributed by atoms with Gasteiger partial charge in [0, 0.05) is 31.1 Å². The first-order valence-electron chi connectivity index (χ1n) is 6.89. The summed E-state index contributed by atoms with van der Waals surface area (Å²) in [6.45, 7) is 2.19. The molecule has 0 N–H and O–H groups in total. The molecule has 2 heterocycles. The van der Waals surface area contributed by atoms with Gasteiger partial charge in [0.2, 0.25) is 0 Å². The van der Waals surface area contributed by atoms with E-state index in [0.717, 1.165) is 16.7 Å². The Bertz CT molecular complexity index is 811. The van der Waals surface area contributed by atoms with Gasteiger partial charge in [-0.1, -0.05) is 35.0 Å². The summed E-state index contributed by atoms with van der Waals surface area (Å²) in [5.41, 5.74) is 2.12. The van der Waals surface area contributed by atoms with E-state index >= 15 is 0 Å². The monoisotopic (exact) mass is 317 g/mol. The average Bonchev–Trinajstić information content (AvgIpc) is 3.01. The van der Waals surface area contributed by atoms with Gasteiger partial charge in [0.1, 0.15) is 17.1 Å². The van der Waals surface area contributed by atoms with Gasteiger partial charge in [0.05, 0.1) is 11.6 Å². The fraction of sp³-hybridized carbons (Fsp3) is 0.250. The Morgan fingerprint density at radius 2 is 2.14 bits per heavy atom. The topological polar surface area (TPSA) is 51.3 Å². The lowest BCUT2D eigenvalue weighted by molar-refractivity contribution is 0.0773. The number of fused-ring (bicyclic) bond motifs is 1. The number of benzene rings is 1. The van der Waals surface area contributed by atoms with Crippen LogP contribution in [0.2, 0.25) is 5.02 Å². The number of carbonyl (C=O) groups excluding carboxylic acids is 1. The first-order valence-corrected chi connectivity index (χ1v) is 7.27. The summed E-state index contributed by atoms with van der Waals surface area (Å²) in [5, 5.41) is 5.26. The smallest absolute Gasteiger partial charge is 0.272 e. The molecule has 2 aromatic heterocycles. The molecule has 0 fully saturated rings. The first kappa shape index (κ1) is 14.7. The van der Waals surface area contributed by atoms with E-state index in [2.05, 4.69) is 5.16 Å². The van der Waals surface area contributed by atoms with Crippen LogP contribution in [0.25, 0.3) is 10.9 Å². The maximum absolute atomic E-state index is 12.7. The lowest BCUT2D eigenvalue weighted by Gasteiger charge is -2.16. The molecule has 114 valence electrons. The van der Waals surface area contributed by atoms with Crippen LogP contribution in [0, 0.1) is 6.92 Å². The maximum Gasteiger partial charge on any atom is 0.272 e. The number of amides is 1. The van der Waals surface area contributed by atoms with E-state index in [1.807, 2.05) is 48.9 Å². The number of rotatable bonds is 3. The van der Waals surface area contributed by atoms with Crippen LogP contribution < -0.4 is 0 Å². The molecule has 0 aliphatic carbocycles. The Hall–Kier alpha value is -2.27. The summed E-state index contributed by atoms with van der Waals surface area (Å²) >= 11 is 6.41. The highest BCUT2D eigenvalue weighted by Crippen LogP contribution is 2.30. The van der Waals surface area contributed by atoms with Gasteiger partial charge >= 0.3 is 0 Å². The Balaban J connectivity index is 1.95. The minimum atomic E-state index is -0.149. The van der Waals surface area contributed by atoms with Crippen molar-refractivity contribution in [2.45, 2.75) is 13.5 Å². The van der Waals surface area contributed by atoms with Gasteiger partial charge < -0.3 is 14.0 Å². The lowest BCUT2D eigenvalue weighted by Crippen LogP contribution is -2.28. The van der Waals surface area contributed by atoms with Crippen molar-refractivity contribution in [2.75, 3.05) is 7.05 Å². The highest BCUT2D eigenvalue weighted by Gasteiger charge is 2.23. The largest absolute Gasteiger partial charge is 0.361 e. The fourth-order valence-corrected chi connectivity index (χ4v) is 2.94. The summed E-state index contributed by atoms with van der Waals surface area (Å²) in [5.74, 6) is 0.572. The van der Waals surface area contributed by atoms with Crippen LogP contribution in [0.15, 0.2) is 34.9 Å². The van der Waals surface area contributed by atoms with Crippen molar-refractivity contribution >= 4 is 28.4 Å². The summed E-state index contributed by atoms with van der Waals surface area (Å²) in [6, 6.07) is 9.50. The van der Waals surface area contributed by atoms with Crippen LogP contribution in [0.4, 0.5) is 0 Å². The van der Waals surface area contributed by atoms with Crippen LogP contribution in [-0.2, 0) is 13.6 Å². The van der Waals surface area contributed by atoms with E-state index in [1.165, 1.54) is 0 Å². The zero-order valence-corrected chi connectivity index (χ0v) is 13.4. The van der Waals surface area contributed by atoms with Gasteiger partial charge in [-0.15, -0.1) is 0 Å². The first-order chi connectivity index (χ1) is 10.5. The predicted octanol–water partition coefficient (Wildman–Crippen LogP) is 3.40. The van der Waals surface area contributed by atoms with Crippen molar-refractivity contribution in [1.29, 1.82) is 0 Å². The Kier molecular flexibility index (Phi) is 3.66. The molecule has 1 aromatic carbocycles. The summed E-state index contributed by atoms with van der Waals surface area (Å²) in [4.78, 5) is 14.3. The predicted molar refractivity (Wildman–Crippen MR) is 85.0 cm³/mol. The zero-order chi connectivity index (χ0) is 15.9. The molecule has 3 aromatic rings. The van der Waals surface area contributed by atoms with Crippen molar-refractivity contribution in [2.24, 2.45) is 7.05 Å². The number of nitrogens with zero attached hydrogens (tertiary/aromatic N) is 3. The molecule has 3 rings (SSSR count). The van der Waals surface area contributed by atoms with Gasteiger partial charge in [-0.05, 0) is 13.0 Å². The SMILES string of the molecule is Cc1cc(CN(C)C(=O)c2c(Cl)c3ccccc3n2C)no1. The molecule has 6 heteroatoms. The maximum atomic E-state index is 12.7. The van der Waals surface area contributed by atoms with Gasteiger partial charge in [0.15, 0.2) is 0 Å². The van der Waals surface area contributed by atoms with Gasteiger partial charge in [-0.2, -0.15) is 0 Å². The van der Waals surface area contributed by atoms with E-state index in [-0.39, 0.29) is 5.91 Å². The third-order valence-electron chi connectivity index (χ3n) is 3.67. The van der Waals surface area contributed by atoms with E-state index in [9.17, 15) is 4.79 Å². The normalized spacial score (nSPS) is 11.1. The molecule has 0 aliphatic rings. The molecule has 0 bridgehead atoms. The van der Waals surface area contributed by atoms with E-state index < -0.39 is 0 Å². The molecule has 0 aliphatic heterocycles. The number of carbonyl (C=O) groups is 1. The zero-order valence-electron chi connectivity index (χ0n) is 12.6. The number of hydrogen-bond donors (Lipinski definition) is 0. The molecule has 0 atom stereocenters. The highest BCUT2D eigenvalue weighted by molar-refractivity contribution is 6.38. The second-order valence-electron chi connectivity index (χ2n) is 5.33. The van der Waals surface area contributed by atoms with Crippen LogP contribution in [-0.4, -0.2) is 27.6 Å². The Morgan fingerprint density at radius 1 is 1.41 bits per heavy atom. The third kappa shape index (κ3) is 2.37. The number of halogens is 1. The van der Waals surface area contributed by atoms with Crippen molar-refractivity contribution < 1.29 is 9.32 Å². The minimum absolute atomic E-state index is 0.149. The number of aryl methyl sites for hydroxylation is 2. The summed E-state index contributed by atoms with van der Waals surface area (Å²) in [7, 11) is 3.57. The van der Waals surface area contributed by atoms with E-state index in [0.29, 0.717) is 23.0 Å². The molecule has 0 saturated heterocycles. The molecule has 0 saturated carbocycles. The number of aromatic nitrogens is 2. The second kappa shape index (κ2) is 5.50. The molecular weight excluding hydrogens is 302 g/mol. The van der Waals surface area contributed by atoms with Crippen LogP contribution in [0.1, 0.15) is 21.9 Å². The number of para-hydroxylation sites is 1. The molecular formula is C16H16ClN3O2. The molecule has 5 nitrogen and oxygen atoms in total. The summed E-state index contributed by atoms with van der Waals surface area (Å²) in [6.07, 6.45) is 0. The second-order valence-corrected chi connectivity index (χ2v) is 5.71. The fourth-order valence-electron chi connectivity index (χ4n) is 2.57. The van der Waals surface area contributed by atoms with Crippen molar-refractivity contribution in [1.82, 2.24) is 14.6 Å². The van der Waals surface area contributed by atoms with Gasteiger partial charge in [0.25, 0.3) is 5.91 Å². The number of hydrogen-bond acceptors (Lipinski definition) is 3. The molecule has 0 unspecified atom stereocenters. The Labute approximate surface area is 133 Å². The molecule has 22 heavy (non-hydrogen) atoms. The van der Waals surface area contributed by atoms with Crippen molar-refractivity contribution in [3.8, 4) is 0 Å². The lowest BCUT2D eigenvalue weighted by atomic mass is 10.2. The van der Waals surface area contributed by atoms with Crippen LogP contribution in [0.5, 0.6) is 0 Å². The minimum Gasteiger partial charge on any atom is -0.361 e. The molecule has 0 spiro atoms. The summed E-state index contributed by atoms with van der Waals surface area (Å²) < 4.78 is 6.85. The standard InChI is InChI=1S/C16H16ClN3O2/c1-10-8-11(18-22-10)9-19(2)16(21)15-14(17)12-6-4-5-7-13(12)20(15)3/h4-8H,9H2,1-3H3. The van der Waals surface area contributed by atoms with Crippen LogP contribution >= 0.6 is 11.6 Å². The van der Waals surface area contributed by atoms with E-state index in [4.69, 9.17) is 16.1 Å². The van der Waals surface area contributed by atoms with Gasteiger partial charge in [-0.3, -0.25) is 4.79 Å². The van der Waals surface area contributed by atoms with Crippen molar-refractivity contribution in [3.63, 3.8) is 0 Å². The highest BCUT2D eigenvalue weighted by atomic mass is 35.5. The quantitative estimate of drug-likeness (QED) is 0.744. The van der Waals surface area contributed by atoms with Crippen molar-refractivity contribution in [3.05, 3.63) is 52.5 Å². The van der Waals surface area contributed by atoms with Crippen LogP contribution in [0.3, 0.4) is 0 Å². The third-order valence-corrected chi connectivity index (χ3v) is 4.05. The molecule has 0 radical (unpaired) electrons. The van der Waals surface area contributed by atoms with E-state index in [1.54, 1.807) is 11.9 Å². The average molecular weight is 318 g/mol.